The van der Waals surface area contributed by atoms with Crippen molar-refractivity contribution in [1.29, 1.82) is 0 Å². The van der Waals surface area contributed by atoms with E-state index in [0.717, 1.165) is 55.5 Å². The SMILES string of the molecule is FC(F)(F)c1ccc(-n2c3cc4ccccc4cc3c3cc4ccccc4cc32)cc1. The molecule has 0 aliphatic heterocycles. The fourth-order valence-electron chi connectivity index (χ4n) is 4.47. The molecule has 6 aromatic rings. The second-order valence-corrected chi connectivity index (χ2v) is 7.81. The van der Waals surface area contributed by atoms with Crippen LogP contribution in [0.15, 0.2) is 97.1 Å². The summed E-state index contributed by atoms with van der Waals surface area (Å²) in [5.41, 5.74) is 2.01. The number of aromatic nitrogens is 1. The second-order valence-electron chi connectivity index (χ2n) is 7.81. The number of hydrogen-bond donors (Lipinski definition) is 0. The molecule has 0 unspecified atom stereocenters. The van der Waals surface area contributed by atoms with Crippen molar-refractivity contribution in [1.82, 2.24) is 4.57 Å². The third kappa shape index (κ3) is 2.79. The summed E-state index contributed by atoms with van der Waals surface area (Å²) >= 11 is 0. The fourth-order valence-corrected chi connectivity index (χ4v) is 4.47. The molecule has 0 atom stereocenters. The van der Waals surface area contributed by atoms with Gasteiger partial charge in [0.25, 0.3) is 0 Å². The van der Waals surface area contributed by atoms with Crippen molar-refractivity contribution in [2.24, 2.45) is 0 Å². The van der Waals surface area contributed by atoms with Crippen LogP contribution in [-0.4, -0.2) is 4.57 Å². The predicted octanol–water partition coefficient (Wildman–Crippen LogP) is 8.11. The van der Waals surface area contributed by atoms with E-state index in [9.17, 15) is 13.2 Å². The second kappa shape index (κ2) is 6.35. The molecule has 0 aliphatic carbocycles. The number of fused-ring (bicyclic) bond motifs is 5. The van der Waals surface area contributed by atoms with Gasteiger partial charge in [0.2, 0.25) is 0 Å². The summed E-state index contributed by atoms with van der Waals surface area (Å²) in [6.45, 7) is 0. The molecule has 0 bridgehead atoms. The van der Waals surface area contributed by atoms with E-state index < -0.39 is 11.7 Å². The van der Waals surface area contributed by atoms with Crippen LogP contribution in [0.25, 0.3) is 49.0 Å². The van der Waals surface area contributed by atoms with Gasteiger partial charge in [-0.05, 0) is 70.1 Å². The number of halogens is 3. The Kier molecular flexibility index (Phi) is 3.69. The topological polar surface area (TPSA) is 4.93 Å². The maximum absolute atomic E-state index is 13.1. The molecule has 0 N–H and O–H groups in total. The van der Waals surface area contributed by atoms with Gasteiger partial charge in [-0.15, -0.1) is 0 Å². The Bertz CT molecular complexity index is 1510. The lowest BCUT2D eigenvalue weighted by atomic mass is 10.0. The molecule has 0 aliphatic rings. The number of alkyl halides is 3. The Morgan fingerprint density at radius 3 is 1.35 bits per heavy atom. The molecule has 0 amide bonds. The summed E-state index contributed by atoms with van der Waals surface area (Å²) in [5.74, 6) is 0. The van der Waals surface area contributed by atoms with Gasteiger partial charge in [0.15, 0.2) is 0 Å². The highest BCUT2D eigenvalue weighted by Crippen LogP contribution is 2.37. The molecular formula is C27H16F3N. The van der Waals surface area contributed by atoms with Crippen LogP contribution in [0, 0.1) is 0 Å². The van der Waals surface area contributed by atoms with Crippen molar-refractivity contribution in [3.8, 4) is 5.69 Å². The van der Waals surface area contributed by atoms with E-state index in [2.05, 4.69) is 53.1 Å². The van der Waals surface area contributed by atoms with Gasteiger partial charge in [0, 0.05) is 16.5 Å². The van der Waals surface area contributed by atoms with Crippen LogP contribution in [0.3, 0.4) is 0 Å². The predicted molar refractivity (Wildman–Crippen MR) is 121 cm³/mol. The molecule has 5 aromatic carbocycles. The summed E-state index contributed by atoms with van der Waals surface area (Å²) < 4.78 is 41.4. The minimum Gasteiger partial charge on any atom is -0.309 e. The Morgan fingerprint density at radius 1 is 0.516 bits per heavy atom. The van der Waals surface area contributed by atoms with E-state index in [4.69, 9.17) is 0 Å². The van der Waals surface area contributed by atoms with E-state index >= 15 is 0 Å². The highest BCUT2D eigenvalue weighted by atomic mass is 19.4. The Morgan fingerprint density at radius 2 is 0.935 bits per heavy atom. The number of nitrogens with zero attached hydrogens (tertiary/aromatic N) is 1. The summed E-state index contributed by atoms with van der Waals surface area (Å²) in [4.78, 5) is 0. The zero-order valence-electron chi connectivity index (χ0n) is 16.3. The number of hydrogen-bond acceptors (Lipinski definition) is 0. The largest absolute Gasteiger partial charge is 0.416 e. The van der Waals surface area contributed by atoms with Gasteiger partial charge in [0.05, 0.1) is 16.6 Å². The fraction of sp³-hybridized carbons (Fsp3) is 0.0370. The zero-order chi connectivity index (χ0) is 21.2. The molecular weight excluding hydrogens is 395 g/mol. The molecule has 0 fully saturated rings. The zero-order valence-corrected chi connectivity index (χ0v) is 16.3. The van der Waals surface area contributed by atoms with Crippen molar-refractivity contribution in [2.45, 2.75) is 6.18 Å². The number of benzene rings is 5. The highest BCUT2D eigenvalue weighted by molar-refractivity contribution is 6.16. The smallest absolute Gasteiger partial charge is 0.309 e. The van der Waals surface area contributed by atoms with E-state index in [1.165, 1.54) is 0 Å². The molecule has 0 radical (unpaired) electrons. The van der Waals surface area contributed by atoms with Crippen molar-refractivity contribution >= 4 is 43.4 Å². The Balaban J connectivity index is 1.75. The van der Waals surface area contributed by atoms with Crippen molar-refractivity contribution < 1.29 is 13.2 Å². The van der Waals surface area contributed by atoms with Gasteiger partial charge in [0.1, 0.15) is 0 Å². The summed E-state index contributed by atoms with van der Waals surface area (Å²) in [6, 6.07) is 30.2. The van der Waals surface area contributed by atoms with Crippen molar-refractivity contribution in [2.75, 3.05) is 0 Å². The van der Waals surface area contributed by atoms with Crippen LogP contribution in [0.1, 0.15) is 5.56 Å². The normalized spacial score (nSPS) is 12.4. The molecule has 0 saturated carbocycles. The minimum absolute atomic E-state index is 0.645. The lowest BCUT2D eigenvalue weighted by molar-refractivity contribution is -0.137. The summed E-state index contributed by atoms with van der Waals surface area (Å²) in [6.07, 6.45) is -4.36. The third-order valence-electron chi connectivity index (χ3n) is 5.95. The molecule has 6 rings (SSSR count). The Labute approximate surface area is 175 Å². The van der Waals surface area contributed by atoms with Gasteiger partial charge in [-0.25, -0.2) is 0 Å². The first kappa shape index (κ1) is 18.0. The van der Waals surface area contributed by atoms with Gasteiger partial charge >= 0.3 is 6.18 Å². The van der Waals surface area contributed by atoms with Gasteiger partial charge in [-0.2, -0.15) is 13.2 Å². The average molecular weight is 411 g/mol. The maximum Gasteiger partial charge on any atom is 0.416 e. The molecule has 31 heavy (non-hydrogen) atoms. The molecule has 0 saturated heterocycles. The summed E-state index contributed by atoms with van der Waals surface area (Å²) in [5, 5.41) is 6.62. The third-order valence-corrected chi connectivity index (χ3v) is 5.95. The first-order chi connectivity index (χ1) is 15.0. The van der Waals surface area contributed by atoms with Crippen LogP contribution < -0.4 is 0 Å². The molecule has 1 heterocycles. The van der Waals surface area contributed by atoms with Crippen LogP contribution in [0.5, 0.6) is 0 Å². The average Bonchev–Trinajstić information content (AvgIpc) is 3.07. The van der Waals surface area contributed by atoms with E-state index in [1.54, 1.807) is 12.1 Å². The molecule has 150 valence electrons. The lowest BCUT2D eigenvalue weighted by Gasteiger charge is -2.11. The van der Waals surface area contributed by atoms with E-state index in [0.29, 0.717) is 5.69 Å². The lowest BCUT2D eigenvalue weighted by Crippen LogP contribution is -2.05. The first-order valence-corrected chi connectivity index (χ1v) is 10.0. The first-order valence-electron chi connectivity index (χ1n) is 10.0. The summed E-state index contributed by atoms with van der Waals surface area (Å²) in [7, 11) is 0. The van der Waals surface area contributed by atoms with Crippen LogP contribution >= 0.6 is 0 Å². The molecule has 0 spiro atoms. The minimum atomic E-state index is -4.36. The van der Waals surface area contributed by atoms with Gasteiger partial charge < -0.3 is 4.57 Å². The Hall–Kier alpha value is -3.79. The maximum atomic E-state index is 13.1. The monoisotopic (exact) mass is 411 g/mol. The molecule has 1 aromatic heterocycles. The highest BCUT2D eigenvalue weighted by Gasteiger charge is 2.30. The van der Waals surface area contributed by atoms with Crippen LogP contribution in [0.4, 0.5) is 13.2 Å². The van der Waals surface area contributed by atoms with Crippen molar-refractivity contribution in [3.63, 3.8) is 0 Å². The van der Waals surface area contributed by atoms with Crippen LogP contribution in [0.2, 0.25) is 0 Å². The van der Waals surface area contributed by atoms with Gasteiger partial charge in [-0.1, -0.05) is 48.5 Å². The van der Waals surface area contributed by atoms with E-state index in [1.807, 2.05) is 24.3 Å². The van der Waals surface area contributed by atoms with Gasteiger partial charge in [-0.3, -0.25) is 0 Å². The molecule has 1 nitrogen and oxygen atoms in total. The van der Waals surface area contributed by atoms with Crippen LogP contribution in [-0.2, 0) is 6.18 Å². The quantitative estimate of drug-likeness (QED) is 0.257. The standard InChI is InChI=1S/C27H16F3N/c28-27(29,30)21-9-11-22(12-10-21)31-25-15-19-7-3-1-5-17(19)13-23(25)24-14-18-6-2-4-8-20(18)16-26(24)31/h1-16H. The molecule has 4 heteroatoms. The number of rotatable bonds is 1. The van der Waals surface area contributed by atoms with Crippen molar-refractivity contribution in [3.05, 3.63) is 103 Å². The van der Waals surface area contributed by atoms with E-state index in [-0.39, 0.29) is 0 Å².